The predicted octanol–water partition coefficient (Wildman–Crippen LogP) is 2.89. The van der Waals surface area contributed by atoms with E-state index in [0.717, 1.165) is 41.7 Å². The van der Waals surface area contributed by atoms with Crippen LogP contribution in [0.25, 0.3) is 11.2 Å². The van der Waals surface area contributed by atoms with Crippen molar-refractivity contribution in [2.75, 3.05) is 6.54 Å². The number of pyridine rings is 1. The van der Waals surface area contributed by atoms with Gasteiger partial charge in [0.25, 0.3) is 12.3 Å². The van der Waals surface area contributed by atoms with Crippen LogP contribution in [0.3, 0.4) is 0 Å². The van der Waals surface area contributed by atoms with E-state index in [9.17, 15) is 13.6 Å². The van der Waals surface area contributed by atoms with Crippen LogP contribution in [0, 0.1) is 0 Å². The lowest BCUT2D eigenvalue weighted by Gasteiger charge is -2.11. The van der Waals surface area contributed by atoms with Gasteiger partial charge in [-0.25, -0.2) is 23.7 Å². The highest BCUT2D eigenvalue weighted by molar-refractivity contribution is 5.93. The number of nitrogens with zero attached hydrogens (tertiary/aromatic N) is 4. The van der Waals surface area contributed by atoms with Crippen molar-refractivity contribution in [1.29, 1.82) is 0 Å². The van der Waals surface area contributed by atoms with E-state index >= 15 is 0 Å². The van der Waals surface area contributed by atoms with Crippen LogP contribution in [-0.4, -0.2) is 38.2 Å². The molecule has 3 aromatic rings. The molecule has 0 aromatic carbocycles. The van der Waals surface area contributed by atoms with Gasteiger partial charge in [-0.05, 0) is 42.5 Å². The van der Waals surface area contributed by atoms with Crippen molar-refractivity contribution in [2.24, 2.45) is 0 Å². The van der Waals surface area contributed by atoms with E-state index in [1.165, 1.54) is 6.20 Å². The Morgan fingerprint density at radius 2 is 2.15 bits per heavy atom. The van der Waals surface area contributed by atoms with Crippen molar-refractivity contribution in [1.82, 2.24) is 24.7 Å². The van der Waals surface area contributed by atoms with Crippen LogP contribution >= 0.6 is 0 Å². The molecule has 1 aliphatic carbocycles. The van der Waals surface area contributed by atoms with Crippen LogP contribution < -0.4 is 5.32 Å². The summed E-state index contributed by atoms with van der Waals surface area (Å²) in [4.78, 5) is 24.9. The van der Waals surface area contributed by atoms with Crippen molar-refractivity contribution < 1.29 is 13.6 Å². The maximum absolute atomic E-state index is 12.4. The van der Waals surface area contributed by atoms with Gasteiger partial charge in [0.1, 0.15) is 17.7 Å². The lowest BCUT2D eigenvalue weighted by atomic mass is 9.99. The third-order valence-electron chi connectivity index (χ3n) is 4.52. The smallest absolute Gasteiger partial charge is 0.270 e. The first-order valence-electron chi connectivity index (χ1n) is 8.66. The molecular formula is C19H17F2N5O. The fraction of sp³-hybridized carbons (Fsp3) is 0.263. The van der Waals surface area contributed by atoms with Gasteiger partial charge in [-0.2, -0.15) is 0 Å². The van der Waals surface area contributed by atoms with Gasteiger partial charge in [0.2, 0.25) is 0 Å². The number of amides is 1. The molecule has 1 amide bonds. The molecule has 1 N–H and O–H groups in total. The number of fused-ring (bicyclic) bond motifs is 2. The molecule has 3 aromatic heterocycles. The monoisotopic (exact) mass is 369 g/mol. The molecule has 0 aliphatic heterocycles. The Labute approximate surface area is 154 Å². The quantitative estimate of drug-likeness (QED) is 0.768. The van der Waals surface area contributed by atoms with Gasteiger partial charge < -0.3 is 5.32 Å². The normalized spacial score (nSPS) is 14.0. The topological polar surface area (TPSA) is 72.2 Å². The second-order valence-electron chi connectivity index (χ2n) is 6.28. The zero-order valence-electron chi connectivity index (χ0n) is 14.4. The Hall–Kier alpha value is -3.16. The molecule has 0 atom stereocenters. The first-order valence-corrected chi connectivity index (χ1v) is 8.66. The van der Waals surface area contributed by atoms with Gasteiger partial charge in [-0.1, -0.05) is 6.08 Å². The van der Waals surface area contributed by atoms with Crippen molar-refractivity contribution in [3.8, 4) is 0 Å². The summed E-state index contributed by atoms with van der Waals surface area (Å²) in [5, 5.41) is 2.22. The molecule has 8 heteroatoms. The predicted molar refractivity (Wildman–Crippen MR) is 95.6 cm³/mol. The number of aromatic nitrogens is 4. The highest BCUT2D eigenvalue weighted by Crippen LogP contribution is 2.29. The van der Waals surface area contributed by atoms with Crippen molar-refractivity contribution >= 4 is 17.1 Å². The number of hydrogen-bond donors (Lipinski definition) is 1. The first kappa shape index (κ1) is 17.3. The Bertz CT molecular complexity index is 1030. The summed E-state index contributed by atoms with van der Waals surface area (Å²) < 4.78 is 26.4. The summed E-state index contributed by atoms with van der Waals surface area (Å²) in [6, 6.07) is 3.73. The van der Waals surface area contributed by atoms with Crippen LogP contribution in [0.2, 0.25) is 0 Å². The Kier molecular flexibility index (Phi) is 4.62. The standard InChI is InChI=1S/C19H17F2N5O/c20-17(21)9-24-19(27)16-8-23-18-6-5-12(10-26(16)18)13-3-1-2-4-15-14(13)7-22-11-25-15/h3,5-8,10-11,17H,1-2,4,9H2,(H,24,27). The highest BCUT2D eigenvalue weighted by Gasteiger charge is 2.17. The average molecular weight is 369 g/mol. The number of nitrogens with one attached hydrogen (secondary N) is 1. The van der Waals surface area contributed by atoms with Crippen LogP contribution in [0.1, 0.15) is 40.2 Å². The number of carbonyl (C=O) groups is 1. The second-order valence-corrected chi connectivity index (χ2v) is 6.28. The summed E-state index contributed by atoms with van der Waals surface area (Å²) in [6.45, 7) is -0.693. The van der Waals surface area contributed by atoms with Gasteiger partial charge in [0, 0.05) is 18.0 Å². The number of aryl methyl sites for hydroxylation is 1. The zero-order valence-corrected chi connectivity index (χ0v) is 14.4. The molecule has 0 unspecified atom stereocenters. The molecule has 0 bridgehead atoms. The molecule has 138 valence electrons. The maximum atomic E-state index is 12.4. The van der Waals surface area contributed by atoms with E-state index in [1.807, 2.05) is 6.07 Å². The molecule has 27 heavy (non-hydrogen) atoms. The molecule has 3 heterocycles. The number of hydrogen-bond acceptors (Lipinski definition) is 4. The van der Waals surface area contributed by atoms with E-state index in [0.29, 0.717) is 5.65 Å². The van der Waals surface area contributed by atoms with Crippen LogP contribution in [-0.2, 0) is 6.42 Å². The summed E-state index contributed by atoms with van der Waals surface area (Å²) in [7, 11) is 0. The Morgan fingerprint density at radius 1 is 1.26 bits per heavy atom. The molecule has 0 saturated carbocycles. The minimum atomic E-state index is -2.60. The van der Waals surface area contributed by atoms with E-state index in [4.69, 9.17) is 0 Å². The molecule has 0 spiro atoms. The number of carbonyl (C=O) groups excluding carboxylic acids is 1. The van der Waals surface area contributed by atoms with Crippen LogP contribution in [0.4, 0.5) is 8.78 Å². The van der Waals surface area contributed by atoms with Crippen LogP contribution in [0.5, 0.6) is 0 Å². The maximum Gasteiger partial charge on any atom is 0.270 e. The Morgan fingerprint density at radius 3 is 3.00 bits per heavy atom. The number of imidazole rings is 1. The molecular weight excluding hydrogens is 352 g/mol. The third kappa shape index (κ3) is 3.42. The van der Waals surface area contributed by atoms with Gasteiger partial charge in [-0.3, -0.25) is 9.20 Å². The lowest BCUT2D eigenvalue weighted by Crippen LogP contribution is -2.29. The minimum absolute atomic E-state index is 0.214. The largest absolute Gasteiger partial charge is 0.345 e. The SMILES string of the molecule is O=C(NCC(F)F)c1cnc2ccc(C3=CCCCc4ncncc43)cn12. The molecule has 4 rings (SSSR count). The third-order valence-corrected chi connectivity index (χ3v) is 4.52. The summed E-state index contributed by atoms with van der Waals surface area (Å²) in [5.74, 6) is -0.585. The fourth-order valence-corrected chi connectivity index (χ4v) is 3.25. The summed E-state index contributed by atoms with van der Waals surface area (Å²) in [6.07, 6.45) is 8.87. The summed E-state index contributed by atoms with van der Waals surface area (Å²) >= 11 is 0. The highest BCUT2D eigenvalue weighted by atomic mass is 19.3. The minimum Gasteiger partial charge on any atom is -0.345 e. The first-order chi connectivity index (χ1) is 13.1. The molecule has 0 radical (unpaired) electrons. The van der Waals surface area contributed by atoms with E-state index in [-0.39, 0.29) is 5.69 Å². The average Bonchev–Trinajstić information content (AvgIpc) is 2.98. The molecule has 6 nitrogen and oxygen atoms in total. The van der Waals surface area contributed by atoms with Gasteiger partial charge >= 0.3 is 0 Å². The van der Waals surface area contributed by atoms with Crippen molar-refractivity contribution in [3.63, 3.8) is 0 Å². The van der Waals surface area contributed by atoms with Gasteiger partial charge in [-0.15, -0.1) is 0 Å². The number of halogens is 2. The fourth-order valence-electron chi connectivity index (χ4n) is 3.25. The van der Waals surface area contributed by atoms with Gasteiger partial charge in [0.05, 0.1) is 18.4 Å². The van der Waals surface area contributed by atoms with E-state index < -0.39 is 18.9 Å². The van der Waals surface area contributed by atoms with Crippen molar-refractivity contribution in [2.45, 2.75) is 25.7 Å². The van der Waals surface area contributed by atoms with Crippen LogP contribution in [0.15, 0.2) is 43.1 Å². The van der Waals surface area contributed by atoms with E-state index in [1.54, 1.807) is 29.2 Å². The Balaban J connectivity index is 1.75. The van der Waals surface area contributed by atoms with E-state index in [2.05, 4.69) is 26.3 Å². The zero-order chi connectivity index (χ0) is 18.8. The van der Waals surface area contributed by atoms with Crippen molar-refractivity contribution in [3.05, 3.63) is 65.6 Å². The number of alkyl halides is 2. The second kappa shape index (κ2) is 7.22. The number of rotatable bonds is 4. The molecule has 0 fully saturated rings. The lowest BCUT2D eigenvalue weighted by molar-refractivity contribution is 0.0886. The summed E-state index contributed by atoms with van der Waals surface area (Å²) in [5.41, 5.74) is 4.64. The number of allylic oxidation sites excluding steroid dienone is 1. The van der Waals surface area contributed by atoms with Gasteiger partial charge in [0.15, 0.2) is 0 Å². The molecule has 1 aliphatic rings. The molecule has 0 saturated heterocycles.